The Balaban J connectivity index is 2.47. The highest BCUT2D eigenvalue weighted by Crippen LogP contribution is 2.31. The van der Waals surface area contributed by atoms with Crippen LogP contribution >= 0.6 is 27.5 Å². The van der Waals surface area contributed by atoms with E-state index in [0.29, 0.717) is 10.6 Å². The summed E-state index contributed by atoms with van der Waals surface area (Å²) in [5.74, 6) is -0.438. The number of hydrogen-bond acceptors (Lipinski definition) is 1. The Bertz CT molecular complexity index is 586. The predicted octanol–water partition coefficient (Wildman–Crippen LogP) is 4.63. The molecule has 0 aliphatic rings. The van der Waals surface area contributed by atoms with E-state index >= 15 is 0 Å². The monoisotopic (exact) mass is 328 g/mol. The second-order valence-electron chi connectivity index (χ2n) is 4.09. The summed E-state index contributed by atoms with van der Waals surface area (Å²) in [4.78, 5) is 0. The van der Waals surface area contributed by atoms with Gasteiger partial charge in [-0.05, 0) is 25.1 Å². The third-order valence-electron chi connectivity index (χ3n) is 2.70. The van der Waals surface area contributed by atoms with Gasteiger partial charge < -0.3 is 5.11 Å². The lowest BCUT2D eigenvalue weighted by Gasteiger charge is -2.14. The maximum atomic E-state index is 13.7. The van der Waals surface area contributed by atoms with E-state index in [1.807, 2.05) is 6.92 Å². The number of hydrogen-bond donors (Lipinski definition) is 1. The molecule has 2 rings (SSSR count). The van der Waals surface area contributed by atoms with Gasteiger partial charge in [0.2, 0.25) is 0 Å². The van der Waals surface area contributed by atoms with Crippen LogP contribution in [0.15, 0.2) is 40.9 Å². The van der Waals surface area contributed by atoms with E-state index in [0.717, 1.165) is 10.0 Å². The fourth-order valence-electron chi connectivity index (χ4n) is 1.76. The van der Waals surface area contributed by atoms with Crippen molar-refractivity contribution in [3.05, 3.63) is 68.4 Å². The van der Waals surface area contributed by atoms with Crippen molar-refractivity contribution in [1.29, 1.82) is 0 Å². The van der Waals surface area contributed by atoms with E-state index in [-0.39, 0.29) is 5.56 Å². The summed E-state index contributed by atoms with van der Waals surface area (Å²) in [7, 11) is 0. The van der Waals surface area contributed by atoms with E-state index < -0.39 is 11.9 Å². The summed E-state index contributed by atoms with van der Waals surface area (Å²) in [6.45, 7) is 1.85. The molecule has 0 radical (unpaired) electrons. The van der Waals surface area contributed by atoms with Gasteiger partial charge in [0.25, 0.3) is 0 Å². The topological polar surface area (TPSA) is 20.2 Å². The first kappa shape index (κ1) is 13.5. The lowest BCUT2D eigenvalue weighted by molar-refractivity contribution is 0.215. The molecule has 94 valence electrons. The molecule has 0 bridgehead atoms. The zero-order chi connectivity index (χ0) is 13.3. The minimum Gasteiger partial charge on any atom is -0.383 e. The Morgan fingerprint density at radius 1 is 1.17 bits per heavy atom. The molecule has 0 fully saturated rings. The lowest BCUT2D eigenvalue weighted by Crippen LogP contribution is -2.03. The van der Waals surface area contributed by atoms with Gasteiger partial charge in [-0.1, -0.05) is 51.3 Å². The third-order valence-corrected chi connectivity index (χ3v) is 3.52. The average Bonchev–Trinajstić information content (AvgIpc) is 2.31. The smallest absolute Gasteiger partial charge is 0.129 e. The molecule has 1 N–H and O–H groups in total. The Kier molecular flexibility index (Phi) is 4.05. The van der Waals surface area contributed by atoms with E-state index in [1.54, 1.807) is 30.3 Å². The zero-order valence-corrected chi connectivity index (χ0v) is 12.0. The Labute approximate surface area is 118 Å². The van der Waals surface area contributed by atoms with Gasteiger partial charge in [0.15, 0.2) is 0 Å². The van der Waals surface area contributed by atoms with Gasteiger partial charge in [-0.3, -0.25) is 0 Å². The van der Waals surface area contributed by atoms with Crippen molar-refractivity contribution in [2.24, 2.45) is 0 Å². The molecule has 0 amide bonds. The fraction of sp³-hybridized carbons (Fsp3) is 0.143. The molecular formula is C14H11BrClFO. The molecule has 1 unspecified atom stereocenters. The van der Waals surface area contributed by atoms with E-state index in [9.17, 15) is 9.50 Å². The van der Waals surface area contributed by atoms with E-state index in [4.69, 9.17) is 11.6 Å². The van der Waals surface area contributed by atoms with Crippen molar-refractivity contribution in [3.63, 3.8) is 0 Å². The molecule has 0 heterocycles. The summed E-state index contributed by atoms with van der Waals surface area (Å²) in [5.41, 5.74) is 1.61. The van der Waals surface area contributed by atoms with Crippen LogP contribution in [0.25, 0.3) is 0 Å². The van der Waals surface area contributed by atoms with Crippen LogP contribution in [0.1, 0.15) is 22.8 Å². The minimum absolute atomic E-state index is 0.235. The molecule has 0 aromatic heterocycles. The molecule has 1 nitrogen and oxygen atoms in total. The van der Waals surface area contributed by atoms with E-state index in [1.165, 1.54) is 6.07 Å². The highest BCUT2D eigenvalue weighted by molar-refractivity contribution is 9.10. The first-order valence-electron chi connectivity index (χ1n) is 5.38. The van der Waals surface area contributed by atoms with Crippen molar-refractivity contribution >= 4 is 27.5 Å². The molecule has 0 saturated heterocycles. The lowest BCUT2D eigenvalue weighted by atomic mass is 9.99. The quantitative estimate of drug-likeness (QED) is 0.851. The normalized spacial score (nSPS) is 12.5. The molecule has 2 aromatic carbocycles. The summed E-state index contributed by atoms with van der Waals surface area (Å²) < 4.78 is 14.5. The number of aryl methyl sites for hydroxylation is 1. The zero-order valence-electron chi connectivity index (χ0n) is 9.62. The standard InChI is InChI=1S/C14H11BrClFO/c1-8-2-5-13(17)11(6-8)14(18)10-4-3-9(15)7-12(10)16/h2-7,14,18H,1H3. The van der Waals surface area contributed by atoms with Crippen LogP contribution < -0.4 is 0 Å². The molecule has 4 heteroatoms. The molecule has 0 aliphatic heterocycles. The number of aliphatic hydroxyl groups excluding tert-OH is 1. The van der Waals surface area contributed by atoms with Gasteiger partial charge in [0, 0.05) is 20.6 Å². The van der Waals surface area contributed by atoms with Crippen LogP contribution in [0.3, 0.4) is 0 Å². The van der Waals surface area contributed by atoms with Crippen LogP contribution in [0.4, 0.5) is 4.39 Å². The first-order valence-corrected chi connectivity index (χ1v) is 6.55. The van der Waals surface area contributed by atoms with E-state index in [2.05, 4.69) is 15.9 Å². The van der Waals surface area contributed by atoms with Crippen molar-refractivity contribution in [2.45, 2.75) is 13.0 Å². The van der Waals surface area contributed by atoms with Crippen LogP contribution in [-0.4, -0.2) is 5.11 Å². The van der Waals surface area contributed by atoms with Crippen molar-refractivity contribution in [1.82, 2.24) is 0 Å². The maximum Gasteiger partial charge on any atom is 0.129 e. The molecule has 0 spiro atoms. The molecular weight excluding hydrogens is 319 g/mol. The summed E-state index contributed by atoms with van der Waals surface area (Å²) >= 11 is 9.34. The number of benzene rings is 2. The molecule has 0 saturated carbocycles. The highest BCUT2D eigenvalue weighted by atomic mass is 79.9. The Hall–Kier alpha value is -0.900. The number of aliphatic hydroxyl groups is 1. The third kappa shape index (κ3) is 2.74. The van der Waals surface area contributed by atoms with Crippen LogP contribution in [0.2, 0.25) is 5.02 Å². The molecule has 0 aliphatic carbocycles. The Morgan fingerprint density at radius 3 is 2.56 bits per heavy atom. The molecule has 18 heavy (non-hydrogen) atoms. The maximum absolute atomic E-state index is 13.7. The summed E-state index contributed by atoms with van der Waals surface area (Å²) in [5, 5.41) is 10.6. The fourth-order valence-corrected chi connectivity index (χ4v) is 2.54. The van der Waals surface area contributed by atoms with Gasteiger partial charge in [-0.25, -0.2) is 4.39 Å². The summed E-state index contributed by atoms with van der Waals surface area (Å²) in [6.07, 6.45) is -1.06. The molecule has 2 aromatic rings. The second-order valence-corrected chi connectivity index (χ2v) is 5.42. The molecule has 1 atom stereocenters. The number of rotatable bonds is 2. The Morgan fingerprint density at radius 2 is 1.89 bits per heavy atom. The highest BCUT2D eigenvalue weighted by Gasteiger charge is 2.17. The SMILES string of the molecule is Cc1ccc(F)c(C(O)c2ccc(Br)cc2Cl)c1. The van der Waals surface area contributed by atoms with Crippen molar-refractivity contribution < 1.29 is 9.50 Å². The van der Waals surface area contributed by atoms with Gasteiger partial charge >= 0.3 is 0 Å². The minimum atomic E-state index is -1.06. The summed E-state index contributed by atoms with van der Waals surface area (Å²) in [6, 6.07) is 9.75. The second kappa shape index (κ2) is 5.39. The number of halogens is 3. The van der Waals surface area contributed by atoms with Gasteiger partial charge in [0.1, 0.15) is 11.9 Å². The van der Waals surface area contributed by atoms with Gasteiger partial charge in [0.05, 0.1) is 0 Å². The first-order chi connectivity index (χ1) is 8.49. The van der Waals surface area contributed by atoms with Crippen LogP contribution in [-0.2, 0) is 0 Å². The van der Waals surface area contributed by atoms with Crippen molar-refractivity contribution in [2.75, 3.05) is 0 Å². The van der Waals surface area contributed by atoms with Crippen LogP contribution in [0.5, 0.6) is 0 Å². The van der Waals surface area contributed by atoms with Gasteiger partial charge in [-0.2, -0.15) is 0 Å². The average molecular weight is 330 g/mol. The van der Waals surface area contributed by atoms with Crippen LogP contribution in [0, 0.1) is 12.7 Å². The predicted molar refractivity (Wildman–Crippen MR) is 74.4 cm³/mol. The van der Waals surface area contributed by atoms with Crippen molar-refractivity contribution in [3.8, 4) is 0 Å². The van der Waals surface area contributed by atoms with Gasteiger partial charge in [-0.15, -0.1) is 0 Å². The largest absolute Gasteiger partial charge is 0.383 e.